The first kappa shape index (κ1) is 28.3. The van der Waals surface area contributed by atoms with E-state index in [0.717, 1.165) is 54.3 Å². The zero-order valence-corrected chi connectivity index (χ0v) is 21.5. The van der Waals surface area contributed by atoms with Crippen molar-refractivity contribution >= 4 is 23.0 Å². The maximum Gasteiger partial charge on any atom is 0.240 e. The van der Waals surface area contributed by atoms with Crippen molar-refractivity contribution < 1.29 is 17.9 Å². The van der Waals surface area contributed by atoms with Crippen LogP contribution in [-0.4, -0.2) is 83.5 Å². The summed E-state index contributed by atoms with van der Waals surface area (Å²) >= 11 is 0. The van der Waals surface area contributed by atoms with Crippen molar-refractivity contribution in [2.24, 2.45) is 10.2 Å². The van der Waals surface area contributed by atoms with E-state index in [-0.39, 0.29) is 12.4 Å². The number of pyridine rings is 1. The van der Waals surface area contributed by atoms with E-state index in [4.69, 9.17) is 10.5 Å². The van der Waals surface area contributed by atoms with Crippen molar-refractivity contribution in [3.63, 3.8) is 0 Å². The number of azo groups is 1. The smallest absolute Gasteiger partial charge is 0.240 e. The van der Waals surface area contributed by atoms with Crippen LogP contribution in [0.5, 0.6) is 0 Å². The molecule has 0 spiro atoms. The van der Waals surface area contributed by atoms with Gasteiger partial charge >= 0.3 is 0 Å². The first-order valence-electron chi connectivity index (χ1n) is 12.1. The van der Waals surface area contributed by atoms with Gasteiger partial charge in [-0.2, -0.15) is 15.2 Å². The summed E-state index contributed by atoms with van der Waals surface area (Å²) in [5, 5.41) is 15.0. The number of aryl methyl sites for hydroxylation is 1. The van der Waals surface area contributed by atoms with Crippen molar-refractivity contribution in [3.8, 4) is 11.3 Å². The fourth-order valence-corrected chi connectivity index (χ4v) is 3.85. The Bertz CT molecular complexity index is 1180. The number of halogens is 3. The van der Waals surface area contributed by atoms with Crippen LogP contribution in [-0.2, 0) is 4.74 Å². The van der Waals surface area contributed by atoms with Crippen LogP contribution in [0, 0.1) is 6.92 Å². The van der Waals surface area contributed by atoms with Crippen molar-refractivity contribution in [3.05, 3.63) is 30.1 Å². The van der Waals surface area contributed by atoms with Gasteiger partial charge in [0.25, 0.3) is 0 Å². The third kappa shape index (κ3) is 7.35. The number of nitrogen functional groups attached to an aromatic ring is 1. The van der Waals surface area contributed by atoms with Gasteiger partial charge in [0.2, 0.25) is 12.4 Å². The van der Waals surface area contributed by atoms with Gasteiger partial charge in [0.1, 0.15) is 17.4 Å². The van der Waals surface area contributed by atoms with Gasteiger partial charge in [0, 0.05) is 45.4 Å². The Morgan fingerprint density at radius 3 is 2.49 bits per heavy atom. The van der Waals surface area contributed by atoms with Gasteiger partial charge in [-0.15, -0.1) is 5.10 Å². The molecule has 2 aliphatic rings. The Morgan fingerprint density at radius 2 is 1.97 bits per heavy atom. The van der Waals surface area contributed by atoms with E-state index in [1.165, 1.54) is 6.92 Å². The normalized spacial score (nSPS) is 17.9. The standard InChI is InChI=1S/C14H16N8.C7H12FNO.C3H6F2/c1-8-10(20-17-3)4-5-11(18-8)9-6-7-22-12(9)13(16-2)19-14(15)21-22;8-6-1-2-9(3-6)7-4-10-5-7;1-2-3(4)5/h4-7H,1-3H3,(H3,15,16,19,21);6-7H,1-5H2;3H,2H2,1H3/t;6-;/m.1./s1. The van der Waals surface area contributed by atoms with Gasteiger partial charge in [0.15, 0.2) is 5.82 Å². The van der Waals surface area contributed by atoms with Gasteiger partial charge in [-0.1, -0.05) is 6.92 Å². The van der Waals surface area contributed by atoms with E-state index in [1.807, 2.05) is 31.3 Å². The van der Waals surface area contributed by atoms with Crippen LogP contribution in [0.4, 0.5) is 30.6 Å². The molecule has 3 aromatic rings. The van der Waals surface area contributed by atoms with Gasteiger partial charge in [-0.25, -0.2) is 17.7 Å². The van der Waals surface area contributed by atoms with E-state index in [2.05, 4.69) is 35.5 Å². The minimum absolute atomic E-state index is 0.0278. The Morgan fingerprint density at radius 1 is 1.24 bits per heavy atom. The molecule has 10 nitrogen and oxygen atoms in total. The highest BCUT2D eigenvalue weighted by molar-refractivity contribution is 5.87. The Balaban J connectivity index is 0.000000208. The second-order valence-corrected chi connectivity index (χ2v) is 8.56. The van der Waals surface area contributed by atoms with Crippen LogP contribution in [0.1, 0.15) is 25.5 Å². The third-order valence-corrected chi connectivity index (χ3v) is 5.91. The number of alkyl halides is 3. The summed E-state index contributed by atoms with van der Waals surface area (Å²) in [7, 11) is 3.43. The molecule has 202 valence electrons. The molecule has 3 aromatic heterocycles. The van der Waals surface area contributed by atoms with E-state index >= 15 is 0 Å². The number of likely N-dealkylation sites (tertiary alicyclic amines) is 1. The lowest BCUT2D eigenvalue weighted by atomic mass is 10.1. The number of fused-ring (bicyclic) bond motifs is 1. The number of nitrogens with two attached hydrogens (primary N) is 1. The van der Waals surface area contributed by atoms with Crippen LogP contribution in [0.25, 0.3) is 16.8 Å². The SMILES string of the molecule is CCC(F)F.CN=Nc1ccc(-c2ccn3nc(N)nc(NC)c23)nc1C.F[C@@H]1CCN(C2COC2)C1. The summed E-state index contributed by atoms with van der Waals surface area (Å²) in [6.45, 7) is 6.53. The molecule has 0 aromatic carbocycles. The molecule has 5 heterocycles. The monoisotopic (exact) mass is 521 g/mol. The van der Waals surface area contributed by atoms with Gasteiger partial charge in [-0.3, -0.25) is 9.88 Å². The Kier molecular flexibility index (Phi) is 10.1. The van der Waals surface area contributed by atoms with Crippen LogP contribution in [0.15, 0.2) is 34.6 Å². The van der Waals surface area contributed by atoms with Crippen LogP contribution in [0.3, 0.4) is 0 Å². The van der Waals surface area contributed by atoms with E-state index in [9.17, 15) is 13.2 Å². The van der Waals surface area contributed by atoms with E-state index in [1.54, 1.807) is 18.6 Å². The molecule has 13 heteroatoms. The highest BCUT2D eigenvalue weighted by atomic mass is 19.3. The van der Waals surface area contributed by atoms with Gasteiger partial charge < -0.3 is 15.8 Å². The highest BCUT2D eigenvalue weighted by Gasteiger charge is 2.32. The lowest BCUT2D eigenvalue weighted by Crippen LogP contribution is -2.47. The summed E-state index contributed by atoms with van der Waals surface area (Å²) in [4.78, 5) is 11.0. The predicted octanol–water partition coefficient (Wildman–Crippen LogP) is 4.53. The van der Waals surface area contributed by atoms with Gasteiger partial charge in [-0.05, 0) is 31.5 Å². The Labute approximate surface area is 214 Å². The van der Waals surface area contributed by atoms with Gasteiger partial charge in [0.05, 0.1) is 30.6 Å². The van der Waals surface area contributed by atoms with E-state index in [0.29, 0.717) is 18.4 Å². The van der Waals surface area contributed by atoms with Crippen molar-refractivity contribution in [1.82, 2.24) is 24.5 Å². The number of anilines is 2. The average Bonchev–Trinajstić information content (AvgIpc) is 3.46. The second kappa shape index (κ2) is 13.3. The maximum atomic E-state index is 12.6. The lowest BCUT2D eigenvalue weighted by molar-refractivity contribution is -0.0584. The predicted molar refractivity (Wildman–Crippen MR) is 137 cm³/mol. The summed E-state index contributed by atoms with van der Waals surface area (Å²) in [5.74, 6) is 0.867. The fraction of sp³-hybridized carbons (Fsp3) is 0.542. The number of nitrogens with zero attached hydrogens (tertiary/aromatic N) is 7. The maximum absolute atomic E-state index is 12.6. The highest BCUT2D eigenvalue weighted by Crippen LogP contribution is 2.30. The first-order valence-corrected chi connectivity index (χ1v) is 12.1. The summed E-state index contributed by atoms with van der Waals surface area (Å²) in [6, 6.07) is 6.27. The topological polar surface area (TPSA) is 118 Å². The zero-order valence-electron chi connectivity index (χ0n) is 21.5. The number of aromatic nitrogens is 4. The minimum Gasteiger partial charge on any atom is -0.378 e. The fourth-order valence-electron chi connectivity index (χ4n) is 3.85. The van der Waals surface area contributed by atoms with Crippen molar-refractivity contribution in [2.75, 3.05) is 51.4 Å². The molecule has 3 N–H and O–H groups in total. The van der Waals surface area contributed by atoms with Crippen LogP contribution in [0.2, 0.25) is 0 Å². The molecule has 0 bridgehead atoms. The second-order valence-electron chi connectivity index (χ2n) is 8.56. The minimum atomic E-state index is -2.12. The molecule has 0 aliphatic carbocycles. The number of hydrogen-bond acceptors (Lipinski definition) is 9. The molecule has 2 fully saturated rings. The summed E-state index contributed by atoms with van der Waals surface area (Å²) < 4.78 is 40.9. The van der Waals surface area contributed by atoms with Crippen molar-refractivity contribution in [1.29, 1.82) is 0 Å². The van der Waals surface area contributed by atoms with E-state index < -0.39 is 12.6 Å². The molecule has 37 heavy (non-hydrogen) atoms. The molecular formula is C24H34F3N9O. The largest absolute Gasteiger partial charge is 0.378 e. The molecule has 0 radical (unpaired) electrons. The summed E-state index contributed by atoms with van der Waals surface area (Å²) in [5.41, 5.74) is 9.84. The number of rotatable bonds is 5. The van der Waals surface area contributed by atoms with Crippen LogP contribution >= 0.6 is 0 Å². The van der Waals surface area contributed by atoms with Crippen LogP contribution < -0.4 is 11.1 Å². The molecule has 0 amide bonds. The quantitative estimate of drug-likeness (QED) is 0.474. The summed E-state index contributed by atoms with van der Waals surface area (Å²) in [6.07, 6.45) is -0.174. The number of nitrogens with one attached hydrogen (secondary N) is 1. The average molecular weight is 522 g/mol. The Hall–Kier alpha value is -3.32. The molecule has 2 aliphatic heterocycles. The number of hydrogen-bond donors (Lipinski definition) is 2. The third-order valence-electron chi connectivity index (χ3n) is 5.91. The molecule has 1 atom stereocenters. The first-order chi connectivity index (χ1) is 17.8. The lowest BCUT2D eigenvalue weighted by Gasteiger charge is -2.34. The molecular weight excluding hydrogens is 487 g/mol. The molecule has 2 saturated heterocycles. The number of ether oxygens (including phenoxy) is 1. The molecule has 0 saturated carbocycles. The molecule has 0 unspecified atom stereocenters. The van der Waals surface area contributed by atoms with Crippen molar-refractivity contribution in [2.45, 2.75) is 45.3 Å². The zero-order chi connectivity index (χ0) is 26.9. The molecule has 5 rings (SSSR count).